The topological polar surface area (TPSA) is 81.3 Å². The Morgan fingerprint density at radius 1 is 1.03 bits per heavy atom. The summed E-state index contributed by atoms with van der Waals surface area (Å²) in [7, 11) is 1.85. The van der Waals surface area contributed by atoms with E-state index < -0.39 is 0 Å². The summed E-state index contributed by atoms with van der Waals surface area (Å²) in [5.74, 6) is 0.845. The molecular formula is C24H25N5O2. The van der Waals surface area contributed by atoms with Crippen LogP contribution in [0.3, 0.4) is 0 Å². The highest BCUT2D eigenvalue weighted by Gasteiger charge is 2.17. The van der Waals surface area contributed by atoms with Gasteiger partial charge in [0.1, 0.15) is 0 Å². The summed E-state index contributed by atoms with van der Waals surface area (Å²) in [4.78, 5) is 30.2. The summed E-state index contributed by atoms with van der Waals surface area (Å²) in [5.41, 5.74) is 4.90. The van der Waals surface area contributed by atoms with Crippen LogP contribution in [0.2, 0.25) is 0 Å². The molecule has 0 fully saturated rings. The number of aryl methyl sites for hydroxylation is 3. The molecule has 0 aliphatic heterocycles. The van der Waals surface area contributed by atoms with Crippen LogP contribution in [-0.2, 0) is 18.3 Å². The third kappa shape index (κ3) is 4.12. The number of nitrogens with one attached hydrogen (secondary N) is 1. The Labute approximate surface area is 180 Å². The van der Waals surface area contributed by atoms with Gasteiger partial charge in [0.25, 0.3) is 5.56 Å². The van der Waals surface area contributed by atoms with Crippen molar-refractivity contribution in [3.8, 4) is 11.4 Å². The lowest BCUT2D eigenvalue weighted by molar-refractivity contribution is -0.116. The molecule has 4 rings (SSSR count). The molecule has 31 heavy (non-hydrogen) atoms. The Morgan fingerprint density at radius 3 is 2.39 bits per heavy atom. The maximum absolute atomic E-state index is 13.1. The van der Waals surface area contributed by atoms with E-state index in [0.29, 0.717) is 23.6 Å². The molecule has 4 aromatic rings. The van der Waals surface area contributed by atoms with Gasteiger partial charge in [0.15, 0.2) is 5.82 Å². The lowest BCUT2D eigenvalue weighted by Crippen LogP contribution is -2.26. The molecule has 2 heterocycles. The second-order valence-corrected chi connectivity index (χ2v) is 7.87. The fourth-order valence-corrected chi connectivity index (χ4v) is 3.80. The second kappa shape index (κ2) is 8.18. The van der Waals surface area contributed by atoms with Crippen LogP contribution in [-0.4, -0.2) is 25.1 Å². The Hall–Kier alpha value is -3.74. The number of carbonyl (C=O) groups excluding carboxylic acids is 1. The van der Waals surface area contributed by atoms with Crippen molar-refractivity contribution in [2.24, 2.45) is 7.05 Å². The largest absolute Gasteiger partial charge is 0.326 e. The van der Waals surface area contributed by atoms with Crippen LogP contribution in [0, 0.1) is 20.8 Å². The quantitative estimate of drug-likeness (QED) is 0.540. The van der Waals surface area contributed by atoms with Gasteiger partial charge < -0.3 is 9.88 Å². The molecule has 2 aromatic heterocycles. The number of nitrogens with zero attached hydrogens (tertiary/aromatic N) is 4. The molecule has 0 spiro atoms. The van der Waals surface area contributed by atoms with E-state index in [-0.39, 0.29) is 17.9 Å². The summed E-state index contributed by atoms with van der Waals surface area (Å²) in [6.45, 7) is 5.86. The van der Waals surface area contributed by atoms with Crippen LogP contribution in [0.15, 0.2) is 53.3 Å². The van der Waals surface area contributed by atoms with Crippen LogP contribution in [0.25, 0.3) is 17.2 Å². The first-order valence-corrected chi connectivity index (χ1v) is 10.2. The van der Waals surface area contributed by atoms with Crippen LogP contribution in [0.4, 0.5) is 5.69 Å². The van der Waals surface area contributed by atoms with Crippen LogP contribution >= 0.6 is 0 Å². The second-order valence-electron chi connectivity index (χ2n) is 7.87. The van der Waals surface area contributed by atoms with Crippen molar-refractivity contribution in [2.45, 2.75) is 33.6 Å². The Balaban J connectivity index is 1.60. The maximum Gasteiger partial charge on any atom is 0.279 e. The zero-order valence-corrected chi connectivity index (χ0v) is 18.1. The van der Waals surface area contributed by atoms with E-state index >= 15 is 0 Å². The normalized spacial score (nSPS) is 11.1. The number of amides is 1. The lowest BCUT2D eigenvalue weighted by Gasteiger charge is -2.11. The molecule has 0 atom stereocenters. The van der Waals surface area contributed by atoms with Gasteiger partial charge in [-0.25, -0.2) is 0 Å². The SMILES string of the molecule is Cc1cc(C)cc(NC(=O)CCc2c(C)n(C)c3nc(-c4ccccc4)nn3c2=O)c1. The van der Waals surface area contributed by atoms with Gasteiger partial charge in [-0.05, 0) is 50.5 Å². The molecule has 7 heteroatoms. The van der Waals surface area contributed by atoms with Crippen LogP contribution in [0.1, 0.15) is 28.8 Å². The van der Waals surface area contributed by atoms with Gasteiger partial charge >= 0.3 is 0 Å². The van der Waals surface area contributed by atoms with Crippen molar-refractivity contribution in [1.82, 2.24) is 19.2 Å². The molecule has 1 amide bonds. The minimum Gasteiger partial charge on any atom is -0.326 e. The number of hydrogen-bond acceptors (Lipinski definition) is 4. The predicted octanol–water partition coefficient (Wildman–Crippen LogP) is 3.59. The van der Waals surface area contributed by atoms with E-state index in [4.69, 9.17) is 0 Å². The minimum atomic E-state index is -0.237. The molecular weight excluding hydrogens is 390 g/mol. The maximum atomic E-state index is 13.1. The molecule has 7 nitrogen and oxygen atoms in total. The van der Waals surface area contributed by atoms with Gasteiger partial charge in [-0.15, -0.1) is 5.10 Å². The highest BCUT2D eigenvalue weighted by molar-refractivity contribution is 5.91. The molecule has 0 saturated heterocycles. The van der Waals surface area contributed by atoms with Gasteiger partial charge in [-0.2, -0.15) is 9.50 Å². The number of benzene rings is 2. The summed E-state index contributed by atoms with van der Waals surface area (Å²) in [5, 5.41) is 7.36. The molecule has 0 radical (unpaired) electrons. The van der Waals surface area contributed by atoms with Crippen molar-refractivity contribution in [3.05, 3.63) is 81.3 Å². The highest BCUT2D eigenvalue weighted by Crippen LogP contribution is 2.17. The Kier molecular flexibility index (Phi) is 5.42. The Morgan fingerprint density at radius 2 is 1.71 bits per heavy atom. The van der Waals surface area contributed by atoms with Crippen molar-refractivity contribution in [3.63, 3.8) is 0 Å². The number of carbonyl (C=O) groups is 1. The van der Waals surface area contributed by atoms with Crippen LogP contribution < -0.4 is 10.9 Å². The van der Waals surface area contributed by atoms with E-state index in [1.54, 1.807) is 0 Å². The molecule has 0 unspecified atom stereocenters. The van der Waals surface area contributed by atoms with Crippen molar-refractivity contribution in [1.29, 1.82) is 0 Å². The number of hydrogen-bond donors (Lipinski definition) is 1. The number of fused-ring (bicyclic) bond motifs is 1. The Bertz CT molecular complexity index is 1320. The van der Waals surface area contributed by atoms with Gasteiger partial charge in [0, 0.05) is 36.0 Å². The van der Waals surface area contributed by atoms with E-state index in [9.17, 15) is 9.59 Å². The van der Waals surface area contributed by atoms with E-state index in [1.165, 1.54) is 4.52 Å². The average molecular weight is 415 g/mol. The lowest BCUT2D eigenvalue weighted by atomic mass is 10.1. The smallest absolute Gasteiger partial charge is 0.279 e. The van der Waals surface area contributed by atoms with E-state index in [0.717, 1.165) is 28.1 Å². The molecule has 158 valence electrons. The van der Waals surface area contributed by atoms with Crippen LogP contribution in [0.5, 0.6) is 0 Å². The first-order valence-electron chi connectivity index (χ1n) is 10.2. The standard InChI is InChI=1S/C24H25N5O2/c1-15-12-16(2)14-19(13-15)25-21(30)11-10-20-17(3)28(4)24-26-22(27-29(24)23(20)31)18-8-6-5-7-9-18/h5-9,12-14H,10-11H2,1-4H3,(H,25,30). The first-order chi connectivity index (χ1) is 14.8. The molecule has 0 saturated carbocycles. The van der Waals surface area contributed by atoms with E-state index in [1.807, 2.05) is 74.9 Å². The fourth-order valence-electron chi connectivity index (χ4n) is 3.80. The molecule has 0 aliphatic carbocycles. The van der Waals surface area contributed by atoms with Crippen molar-refractivity contribution in [2.75, 3.05) is 5.32 Å². The number of anilines is 1. The zero-order chi connectivity index (χ0) is 22.1. The summed E-state index contributed by atoms with van der Waals surface area (Å²) >= 11 is 0. The summed E-state index contributed by atoms with van der Waals surface area (Å²) in [6.07, 6.45) is 0.528. The first kappa shape index (κ1) is 20.5. The van der Waals surface area contributed by atoms with Crippen molar-refractivity contribution >= 4 is 17.4 Å². The van der Waals surface area contributed by atoms with Gasteiger partial charge in [-0.3, -0.25) is 9.59 Å². The fraction of sp³-hybridized carbons (Fsp3) is 0.250. The molecule has 1 N–H and O–H groups in total. The van der Waals surface area contributed by atoms with Gasteiger partial charge in [0.05, 0.1) is 0 Å². The zero-order valence-electron chi connectivity index (χ0n) is 18.1. The molecule has 0 aliphatic rings. The minimum absolute atomic E-state index is 0.130. The summed E-state index contributed by atoms with van der Waals surface area (Å²) < 4.78 is 3.17. The number of aromatic nitrogens is 4. The molecule has 2 aromatic carbocycles. The third-order valence-electron chi connectivity index (χ3n) is 5.42. The monoisotopic (exact) mass is 415 g/mol. The van der Waals surface area contributed by atoms with Crippen molar-refractivity contribution < 1.29 is 4.79 Å². The number of rotatable bonds is 5. The predicted molar refractivity (Wildman–Crippen MR) is 121 cm³/mol. The van der Waals surface area contributed by atoms with Gasteiger partial charge in [-0.1, -0.05) is 36.4 Å². The molecule has 0 bridgehead atoms. The summed E-state index contributed by atoms with van der Waals surface area (Å²) in [6, 6.07) is 15.5. The van der Waals surface area contributed by atoms with Gasteiger partial charge in [0.2, 0.25) is 11.7 Å². The average Bonchev–Trinajstić information content (AvgIpc) is 3.18. The third-order valence-corrected chi connectivity index (χ3v) is 5.42. The highest BCUT2D eigenvalue weighted by atomic mass is 16.1. The van der Waals surface area contributed by atoms with E-state index in [2.05, 4.69) is 21.5 Å².